The molecule has 1 saturated heterocycles. The Balaban J connectivity index is 1.46. The minimum atomic E-state index is -0.919. The number of pyridine rings is 1. The fourth-order valence-electron chi connectivity index (χ4n) is 4.98. The molecule has 4 aromatic rings. The summed E-state index contributed by atoms with van der Waals surface area (Å²) in [6.45, 7) is 1.89. The van der Waals surface area contributed by atoms with Gasteiger partial charge >= 0.3 is 6.09 Å². The molecule has 5 rings (SSSR count). The predicted molar refractivity (Wildman–Crippen MR) is 136 cm³/mol. The molecule has 0 spiro atoms. The van der Waals surface area contributed by atoms with Crippen LogP contribution in [-0.2, 0) is 6.54 Å². The highest BCUT2D eigenvalue weighted by atomic mass is 32.1. The zero-order valence-corrected chi connectivity index (χ0v) is 20.3. The Hall–Kier alpha value is -3.43. The molecule has 0 unspecified atom stereocenters. The van der Waals surface area contributed by atoms with Gasteiger partial charge in [-0.3, -0.25) is 9.69 Å². The second kappa shape index (κ2) is 9.31. The number of thiophene rings is 1. The molecule has 3 heterocycles. The lowest BCUT2D eigenvalue weighted by Crippen LogP contribution is -2.44. The summed E-state index contributed by atoms with van der Waals surface area (Å²) in [6.07, 6.45) is 0.535. The number of halogens is 1. The number of fused-ring (bicyclic) bond motifs is 3. The van der Waals surface area contributed by atoms with Crippen LogP contribution in [0.25, 0.3) is 32.1 Å². The van der Waals surface area contributed by atoms with Crippen molar-refractivity contribution < 1.29 is 19.0 Å². The molecule has 1 amide bonds. The first-order valence-electron chi connectivity index (χ1n) is 11.4. The Morgan fingerprint density at radius 3 is 2.71 bits per heavy atom. The van der Waals surface area contributed by atoms with Gasteiger partial charge in [0.25, 0.3) is 5.56 Å². The fourth-order valence-corrected chi connectivity index (χ4v) is 5.77. The molecule has 1 aliphatic rings. The number of nitrogens with zero attached hydrogens (tertiary/aromatic N) is 2. The first kappa shape index (κ1) is 23.3. The highest BCUT2D eigenvalue weighted by Gasteiger charge is 2.25. The van der Waals surface area contributed by atoms with E-state index in [0.29, 0.717) is 46.7 Å². The van der Waals surface area contributed by atoms with Gasteiger partial charge in [0.1, 0.15) is 16.3 Å². The number of carbonyl (C=O) groups is 1. The molecule has 0 bridgehead atoms. The third-order valence-corrected chi connectivity index (χ3v) is 7.83. The summed E-state index contributed by atoms with van der Waals surface area (Å²) in [6, 6.07) is 10.7. The smallest absolute Gasteiger partial charge is 0.407 e. The van der Waals surface area contributed by atoms with Crippen molar-refractivity contribution in [2.24, 2.45) is 0 Å². The van der Waals surface area contributed by atoms with Crippen molar-refractivity contribution in [1.82, 2.24) is 14.8 Å². The van der Waals surface area contributed by atoms with Crippen LogP contribution in [-0.4, -0.2) is 59.3 Å². The number of aromatic nitrogens is 1. The minimum absolute atomic E-state index is 0.00446. The van der Waals surface area contributed by atoms with Crippen molar-refractivity contribution in [3.05, 3.63) is 63.5 Å². The van der Waals surface area contributed by atoms with Gasteiger partial charge in [-0.05, 0) is 48.1 Å². The second-order valence-electron chi connectivity index (χ2n) is 8.89. The van der Waals surface area contributed by atoms with E-state index in [1.54, 1.807) is 26.3 Å². The van der Waals surface area contributed by atoms with Crippen LogP contribution in [0.3, 0.4) is 0 Å². The Labute approximate surface area is 205 Å². The van der Waals surface area contributed by atoms with Crippen LogP contribution in [0.2, 0.25) is 0 Å². The lowest BCUT2D eigenvalue weighted by Gasteiger charge is -2.35. The lowest BCUT2D eigenvalue weighted by molar-refractivity contribution is 0.102. The quantitative estimate of drug-likeness (QED) is 0.401. The summed E-state index contributed by atoms with van der Waals surface area (Å²) < 4.78 is 21.6. The molecule has 2 aromatic carbocycles. The molecule has 9 heteroatoms. The average molecular weight is 496 g/mol. The second-order valence-corrected chi connectivity index (χ2v) is 9.81. The first-order chi connectivity index (χ1) is 16.9. The zero-order valence-electron chi connectivity index (χ0n) is 19.5. The highest BCUT2D eigenvalue weighted by molar-refractivity contribution is 7.17. The number of likely N-dealkylation sites (tertiary alicyclic amines) is 1. The van der Waals surface area contributed by atoms with Gasteiger partial charge in [0.2, 0.25) is 0 Å². The van der Waals surface area contributed by atoms with Crippen LogP contribution >= 0.6 is 11.3 Å². The molecule has 0 radical (unpaired) electrons. The maximum absolute atomic E-state index is 15.3. The molecule has 182 valence electrons. The summed E-state index contributed by atoms with van der Waals surface area (Å²) in [5.74, 6) is 0.297. The van der Waals surface area contributed by atoms with E-state index in [9.17, 15) is 14.7 Å². The van der Waals surface area contributed by atoms with E-state index in [2.05, 4.69) is 9.88 Å². The molecule has 7 nitrogen and oxygen atoms in total. The molecule has 1 aliphatic heterocycles. The number of aromatic amines is 1. The molecule has 35 heavy (non-hydrogen) atoms. The van der Waals surface area contributed by atoms with Crippen molar-refractivity contribution in [3.8, 4) is 16.9 Å². The Kier molecular flexibility index (Phi) is 6.21. The lowest BCUT2D eigenvalue weighted by atomic mass is 9.96. The molecule has 0 aliphatic carbocycles. The standard InChI is InChI=1S/C26H26FN3O4S/c1-29(26(32)33)17-7-10-30(11-8-17)14-16-4-3-15(13-19(16)27)22-21(34-2)6-5-20-23(22)18-9-12-35-24(18)25(31)28-20/h3-6,9,12-13,17H,7-8,10-11,14H2,1-2H3,(H,28,31)(H,32,33). The Bertz CT molecular complexity index is 1470. The number of hydrogen-bond donors (Lipinski definition) is 2. The number of carboxylic acid groups (broad SMARTS) is 1. The van der Waals surface area contributed by atoms with Gasteiger partial charge < -0.3 is 19.7 Å². The number of rotatable bonds is 5. The number of piperidine rings is 1. The Morgan fingerprint density at radius 2 is 2.03 bits per heavy atom. The van der Waals surface area contributed by atoms with Crippen LogP contribution in [0.15, 0.2) is 46.6 Å². The summed E-state index contributed by atoms with van der Waals surface area (Å²) in [4.78, 5) is 30.1. The van der Waals surface area contributed by atoms with E-state index in [-0.39, 0.29) is 17.4 Å². The molecule has 2 N–H and O–H groups in total. The van der Waals surface area contributed by atoms with Gasteiger partial charge in [0.15, 0.2) is 0 Å². The normalized spacial score (nSPS) is 15.1. The molecular weight excluding hydrogens is 469 g/mol. The third kappa shape index (κ3) is 4.26. The Morgan fingerprint density at radius 1 is 1.26 bits per heavy atom. The monoisotopic (exact) mass is 495 g/mol. The van der Waals surface area contributed by atoms with Gasteiger partial charge in [-0.15, -0.1) is 11.3 Å². The topological polar surface area (TPSA) is 85.9 Å². The van der Waals surface area contributed by atoms with Crippen molar-refractivity contribution >= 4 is 38.4 Å². The molecule has 1 fully saturated rings. The number of nitrogens with one attached hydrogen (secondary N) is 1. The van der Waals surface area contributed by atoms with Crippen molar-refractivity contribution in [3.63, 3.8) is 0 Å². The summed E-state index contributed by atoms with van der Waals surface area (Å²) in [5.41, 5.74) is 2.54. The largest absolute Gasteiger partial charge is 0.496 e. The number of amides is 1. The number of hydrogen-bond acceptors (Lipinski definition) is 5. The molecule has 0 saturated carbocycles. The van der Waals surface area contributed by atoms with E-state index in [0.717, 1.165) is 29.2 Å². The average Bonchev–Trinajstić information content (AvgIpc) is 3.35. The minimum Gasteiger partial charge on any atom is -0.496 e. The van der Waals surface area contributed by atoms with E-state index in [1.807, 2.05) is 23.6 Å². The van der Waals surface area contributed by atoms with E-state index >= 15 is 4.39 Å². The third-order valence-electron chi connectivity index (χ3n) is 6.92. The fraction of sp³-hybridized carbons (Fsp3) is 0.308. The number of methoxy groups -OCH3 is 1. The summed E-state index contributed by atoms with van der Waals surface area (Å²) in [7, 11) is 3.18. The SMILES string of the molecule is COc1ccc2[nH]c(=O)c3sccc3c2c1-c1ccc(CN2CCC(N(C)C(=O)O)CC2)c(F)c1. The van der Waals surface area contributed by atoms with Crippen LogP contribution in [0.5, 0.6) is 5.75 Å². The number of ether oxygens (including phenoxy) is 1. The van der Waals surface area contributed by atoms with Gasteiger partial charge in [-0.25, -0.2) is 9.18 Å². The van der Waals surface area contributed by atoms with Gasteiger partial charge in [-0.1, -0.05) is 12.1 Å². The first-order valence-corrected chi connectivity index (χ1v) is 12.3. The maximum Gasteiger partial charge on any atom is 0.407 e. The van der Waals surface area contributed by atoms with Crippen molar-refractivity contribution in [1.29, 1.82) is 0 Å². The van der Waals surface area contributed by atoms with E-state index in [4.69, 9.17) is 4.74 Å². The van der Waals surface area contributed by atoms with Crippen molar-refractivity contribution in [2.45, 2.75) is 25.4 Å². The van der Waals surface area contributed by atoms with Crippen molar-refractivity contribution in [2.75, 3.05) is 27.2 Å². The van der Waals surface area contributed by atoms with Crippen LogP contribution in [0.1, 0.15) is 18.4 Å². The highest BCUT2D eigenvalue weighted by Crippen LogP contribution is 2.40. The molecule has 0 atom stereocenters. The maximum atomic E-state index is 15.3. The predicted octanol–water partition coefficient (Wildman–Crippen LogP) is 5.13. The van der Waals surface area contributed by atoms with Gasteiger partial charge in [-0.2, -0.15) is 0 Å². The van der Waals surface area contributed by atoms with E-state index in [1.165, 1.54) is 22.3 Å². The molecule has 2 aromatic heterocycles. The van der Waals surface area contributed by atoms with Gasteiger partial charge in [0, 0.05) is 60.1 Å². The van der Waals surface area contributed by atoms with Crippen LogP contribution in [0, 0.1) is 5.82 Å². The summed E-state index contributed by atoms with van der Waals surface area (Å²) in [5, 5.41) is 12.7. The summed E-state index contributed by atoms with van der Waals surface area (Å²) >= 11 is 1.37. The van der Waals surface area contributed by atoms with E-state index < -0.39 is 6.09 Å². The van der Waals surface area contributed by atoms with Gasteiger partial charge in [0.05, 0.1) is 7.11 Å². The number of benzene rings is 2. The number of H-pyrrole nitrogens is 1. The van der Waals surface area contributed by atoms with Crippen LogP contribution in [0.4, 0.5) is 9.18 Å². The molecular formula is C26H26FN3O4S. The zero-order chi connectivity index (χ0) is 24.7. The van der Waals surface area contributed by atoms with Crippen LogP contribution < -0.4 is 10.3 Å².